The first-order chi connectivity index (χ1) is 14.7. The molecule has 154 valence electrons. The van der Waals surface area contributed by atoms with Crippen LogP contribution in [-0.4, -0.2) is 28.7 Å². The van der Waals surface area contributed by atoms with Gasteiger partial charge in [0.2, 0.25) is 0 Å². The average Bonchev–Trinajstić information content (AvgIpc) is 3.31. The van der Waals surface area contributed by atoms with Gasteiger partial charge in [-0.1, -0.05) is 43.5 Å². The normalized spacial score (nSPS) is 18.7. The van der Waals surface area contributed by atoms with Gasteiger partial charge in [0.05, 0.1) is 11.3 Å². The summed E-state index contributed by atoms with van der Waals surface area (Å²) in [6, 6.07) is 12.6. The third-order valence-electron chi connectivity index (χ3n) is 7.52. The van der Waals surface area contributed by atoms with Gasteiger partial charge in [0.1, 0.15) is 0 Å². The molecule has 1 aliphatic carbocycles. The van der Waals surface area contributed by atoms with Crippen LogP contribution in [0, 0.1) is 0 Å². The van der Waals surface area contributed by atoms with Crippen LogP contribution in [0.5, 0.6) is 0 Å². The largest absolute Gasteiger partial charge is 0.478 e. The van der Waals surface area contributed by atoms with Crippen LogP contribution < -0.4 is 4.90 Å². The fraction of sp³-hybridized carbons (Fsp3) is 0.423. The van der Waals surface area contributed by atoms with Gasteiger partial charge in [0.25, 0.3) is 0 Å². The third-order valence-corrected chi connectivity index (χ3v) is 7.52. The molecule has 0 bridgehead atoms. The van der Waals surface area contributed by atoms with E-state index in [0.717, 1.165) is 38.0 Å². The van der Waals surface area contributed by atoms with Crippen LogP contribution in [0.3, 0.4) is 0 Å². The number of aromatic nitrogens is 1. The molecule has 0 unspecified atom stereocenters. The molecule has 0 amide bonds. The summed E-state index contributed by atoms with van der Waals surface area (Å²) in [7, 11) is 0. The van der Waals surface area contributed by atoms with E-state index in [1.807, 2.05) is 6.07 Å². The summed E-state index contributed by atoms with van der Waals surface area (Å²) < 4.78 is 2.46. The Kier molecular flexibility index (Phi) is 4.15. The van der Waals surface area contributed by atoms with Gasteiger partial charge in [-0.25, -0.2) is 4.79 Å². The lowest BCUT2D eigenvalue weighted by Crippen LogP contribution is -2.25. The Balaban J connectivity index is 1.69. The second kappa shape index (κ2) is 6.90. The molecule has 1 fully saturated rings. The Bertz CT molecular complexity index is 1150. The van der Waals surface area contributed by atoms with E-state index in [9.17, 15) is 9.90 Å². The lowest BCUT2D eigenvalue weighted by Gasteiger charge is -2.29. The first-order valence-electron chi connectivity index (χ1n) is 11.5. The Morgan fingerprint density at radius 3 is 2.67 bits per heavy atom. The minimum Gasteiger partial charge on any atom is -0.478 e. The molecule has 6 rings (SSSR count). The molecule has 0 saturated heterocycles. The van der Waals surface area contributed by atoms with Crippen molar-refractivity contribution in [3.05, 3.63) is 53.1 Å². The van der Waals surface area contributed by atoms with E-state index in [2.05, 4.69) is 33.7 Å². The summed E-state index contributed by atoms with van der Waals surface area (Å²) in [5.41, 5.74) is 8.59. The number of fused-ring (bicyclic) bond motifs is 4. The second-order valence-corrected chi connectivity index (χ2v) is 9.19. The van der Waals surface area contributed by atoms with Gasteiger partial charge in [-0.2, -0.15) is 0 Å². The van der Waals surface area contributed by atoms with Crippen molar-refractivity contribution in [2.75, 3.05) is 18.0 Å². The van der Waals surface area contributed by atoms with Crippen LogP contribution >= 0.6 is 0 Å². The zero-order valence-electron chi connectivity index (χ0n) is 17.4. The maximum absolute atomic E-state index is 11.7. The summed E-state index contributed by atoms with van der Waals surface area (Å²) in [6.07, 6.45) is 8.63. The maximum Gasteiger partial charge on any atom is 0.335 e. The standard InChI is InChI=1S/C26H28N2O2/c29-26(30)19-10-11-20-22(16-19)28-14-5-13-27-15-12-18-8-4-9-21(24(18)27)25(28)23(20)17-6-2-1-3-7-17/h4,8-11,16-17H,1-3,5-7,12-15H2,(H,29,30). The van der Waals surface area contributed by atoms with Gasteiger partial charge >= 0.3 is 5.97 Å². The number of anilines is 1. The molecule has 3 heterocycles. The van der Waals surface area contributed by atoms with Crippen LogP contribution in [0.1, 0.15) is 65.9 Å². The molecular weight excluding hydrogens is 372 g/mol. The van der Waals surface area contributed by atoms with Crippen LogP contribution in [0.15, 0.2) is 36.4 Å². The van der Waals surface area contributed by atoms with Crippen molar-refractivity contribution in [1.29, 1.82) is 0 Å². The van der Waals surface area contributed by atoms with Gasteiger partial charge < -0.3 is 14.6 Å². The molecule has 0 spiro atoms. The minimum atomic E-state index is -0.843. The van der Waals surface area contributed by atoms with Crippen molar-refractivity contribution in [3.63, 3.8) is 0 Å². The van der Waals surface area contributed by atoms with E-state index in [1.54, 1.807) is 6.07 Å². The van der Waals surface area contributed by atoms with E-state index in [0.29, 0.717) is 11.5 Å². The fourth-order valence-electron chi connectivity index (χ4n) is 6.20. The molecule has 4 nitrogen and oxygen atoms in total. The molecule has 4 heteroatoms. The number of nitrogens with zero attached hydrogens (tertiary/aromatic N) is 2. The maximum atomic E-state index is 11.7. The van der Waals surface area contributed by atoms with E-state index in [1.165, 1.54) is 65.6 Å². The summed E-state index contributed by atoms with van der Waals surface area (Å²) >= 11 is 0. The van der Waals surface area contributed by atoms with Gasteiger partial charge in [0, 0.05) is 41.8 Å². The molecule has 3 aromatic rings. The molecule has 0 radical (unpaired) electrons. The second-order valence-electron chi connectivity index (χ2n) is 9.19. The summed E-state index contributed by atoms with van der Waals surface area (Å²) in [4.78, 5) is 14.3. The zero-order valence-corrected chi connectivity index (χ0v) is 17.4. The SMILES string of the molecule is O=C(O)c1ccc2c(C3CCCCC3)c3n(c2c1)CCCN1CCc2cccc-3c21. The van der Waals surface area contributed by atoms with Crippen molar-refractivity contribution in [3.8, 4) is 11.3 Å². The Hall–Kier alpha value is -2.75. The van der Waals surface area contributed by atoms with Crippen LogP contribution in [0.4, 0.5) is 5.69 Å². The molecule has 1 N–H and O–H groups in total. The molecule has 1 saturated carbocycles. The highest BCUT2D eigenvalue weighted by atomic mass is 16.4. The number of hydrogen-bond acceptors (Lipinski definition) is 2. The zero-order chi connectivity index (χ0) is 20.2. The highest BCUT2D eigenvalue weighted by Gasteiger charge is 2.32. The molecule has 0 atom stereocenters. The van der Waals surface area contributed by atoms with Gasteiger partial charge in [0.15, 0.2) is 0 Å². The number of hydrogen-bond donors (Lipinski definition) is 1. The van der Waals surface area contributed by atoms with Crippen LogP contribution in [0.25, 0.3) is 22.2 Å². The molecule has 1 aromatic heterocycles. The molecule has 3 aliphatic rings. The number of carboxylic acid groups (broad SMARTS) is 1. The lowest BCUT2D eigenvalue weighted by molar-refractivity contribution is 0.0697. The highest BCUT2D eigenvalue weighted by molar-refractivity contribution is 6.00. The number of carbonyl (C=O) groups is 1. The first kappa shape index (κ1) is 18.1. The number of benzene rings is 2. The lowest BCUT2D eigenvalue weighted by atomic mass is 9.81. The number of rotatable bonds is 2. The van der Waals surface area contributed by atoms with E-state index in [4.69, 9.17) is 0 Å². The van der Waals surface area contributed by atoms with Crippen molar-refractivity contribution in [2.45, 2.75) is 57.4 Å². The smallest absolute Gasteiger partial charge is 0.335 e. The van der Waals surface area contributed by atoms with Gasteiger partial charge in [-0.15, -0.1) is 0 Å². The summed E-state index contributed by atoms with van der Waals surface area (Å²) in [5, 5.41) is 10.9. The monoisotopic (exact) mass is 400 g/mol. The predicted octanol–water partition coefficient (Wildman–Crippen LogP) is 5.82. The van der Waals surface area contributed by atoms with Crippen LogP contribution in [0.2, 0.25) is 0 Å². The first-order valence-corrected chi connectivity index (χ1v) is 11.5. The number of aryl methyl sites for hydroxylation is 1. The molecule has 30 heavy (non-hydrogen) atoms. The Morgan fingerprint density at radius 2 is 1.83 bits per heavy atom. The molecular formula is C26H28N2O2. The van der Waals surface area contributed by atoms with Crippen molar-refractivity contribution >= 4 is 22.6 Å². The van der Waals surface area contributed by atoms with Crippen molar-refractivity contribution < 1.29 is 9.90 Å². The summed E-state index contributed by atoms with van der Waals surface area (Å²) in [5.74, 6) is -0.275. The van der Waals surface area contributed by atoms with Crippen molar-refractivity contribution in [1.82, 2.24) is 4.57 Å². The number of carboxylic acids is 1. The average molecular weight is 401 g/mol. The minimum absolute atomic E-state index is 0.389. The molecule has 2 aromatic carbocycles. The number of aromatic carboxylic acids is 1. The van der Waals surface area contributed by atoms with Crippen molar-refractivity contribution in [2.24, 2.45) is 0 Å². The number of para-hydroxylation sites is 1. The predicted molar refractivity (Wildman–Crippen MR) is 121 cm³/mol. The van der Waals surface area contributed by atoms with Gasteiger partial charge in [-0.05, 0) is 54.9 Å². The van der Waals surface area contributed by atoms with Gasteiger partial charge in [-0.3, -0.25) is 0 Å². The summed E-state index contributed by atoms with van der Waals surface area (Å²) in [6.45, 7) is 3.14. The fourth-order valence-corrected chi connectivity index (χ4v) is 6.20. The Labute approximate surface area is 177 Å². The van der Waals surface area contributed by atoms with Crippen LogP contribution in [-0.2, 0) is 13.0 Å². The van der Waals surface area contributed by atoms with E-state index >= 15 is 0 Å². The third kappa shape index (κ3) is 2.62. The quantitative estimate of drug-likeness (QED) is 0.589. The Morgan fingerprint density at radius 1 is 0.967 bits per heavy atom. The van der Waals surface area contributed by atoms with E-state index < -0.39 is 5.97 Å². The molecule has 2 aliphatic heterocycles. The van der Waals surface area contributed by atoms with E-state index in [-0.39, 0.29) is 0 Å². The topological polar surface area (TPSA) is 45.5 Å². The highest BCUT2D eigenvalue weighted by Crippen LogP contribution is 2.48.